The molecule has 0 radical (unpaired) electrons. The van der Waals surface area contributed by atoms with Crippen LogP contribution in [0.4, 0.5) is 5.69 Å². The van der Waals surface area contributed by atoms with Gasteiger partial charge in [-0.25, -0.2) is 0 Å². The smallest absolute Gasteiger partial charge is 0.174 e. The Morgan fingerprint density at radius 3 is 2.47 bits per heavy atom. The number of para-hydroxylation sites is 2. The maximum Gasteiger partial charge on any atom is 0.174 e. The Bertz CT molecular complexity index is 1350. The summed E-state index contributed by atoms with van der Waals surface area (Å²) in [6, 6.07) is 24.7. The van der Waals surface area contributed by atoms with Crippen molar-refractivity contribution in [1.29, 1.82) is 0 Å². The van der Waals surface area contributed by atoms with Crippen LogP contribution < -0.4 is 15.0 Å². The normalized spacial score (nSPS) is 17.6. The summed E-state index contributed by atoms with van der Waals surface area (Å²) in [5, 5.41) is 4.21. The van der Waals surface area contributed by atoms with Crippen molar-refractivity contribution >= 4 is 23.0 Å². The number of benzene rings is 2. The molecule has 1 aliphatic rings. The summed E-state index contributed by atoms with van der Waals surface area (Å²) in [6.45, 7) is 6.46. The van der Waals surface area contributed by atoms with E-state index in [4.69, 9.17) is 17.0 Å². The van der Waals surface area contributed by atoms with Gasteiger partial charge >= 0.3 is 0 Å². The average Bonchev–Trinajstić information content (AvgIpc) is 3.34. The summed E-state index contributed by atoms with van der Waals surface area (Å²) < 4.78 is 8.04. The first-order valence-corrected chi connectivity index (χ1v) is 11.8. The Labute approximate surface area is 206 Å². The molecule has 1 fully saturated rings. The molecule has 2 unspecified atom stereocenters. The maximum atomic E-state index is 5.90. The van der Waals surface area contributed by atoms with Gasteiger partial charge in [0.25, 0.3) is 0 Å². The molecule has 3 heterocycles. The molecular formula is C28H28N4OS. The van der Waals surface area contributed by atoms with Crippen LogP contribution in [0.15, 0.2) is 79.0 Å². The van der Waals surface area contributed by atoms with Crippen LogP contribution in [0.25, 0.3) is 5.69 Å². The SMILES string of the molecule is COc1ccccc1N1C(=S)NC(c2ccccn2)C1c1cc(C)n(-c2cccc(C)c2)c1C. The van der Waals surface area contributed by atoms with Crippen molar-refractivity contribution in [3.05, 3.63) is 107 Å². The summed E-state index contributed by atoms with van der Waals surface area (Å²) in [5.41, 5.74) is 7.84. The number of hydrogen-bond donors (Lipinski definition) is 1. The predicted molar refractivity (Wildman–Crippen MR) is 141 cm³/mol. The highest BCUT2D eigenvalue weighted by Gasteiger charge is 2.43. The predicted octanol–water partition coefficient (Wildman–Crippen LogP) is 5.98. The Morgan fingerprint density at radius 2 is 1.74 bits per heavy atom. The number of nitrogens with zero attached hydrogens (tertiary/aromatic N) is 3. The molecule has 0 aliphatic carbocycles. The van der Waals surface area contributed by atoms with Crippen LogP contribution in [0, 0.1) is 20.8 Å². The number of anilines is 1. The number of ether oxygens (including phenoxy) is 1. The molecule has 5 rings (SSSR count). The lowest BCUT2D eigenvalue weighted by molar-refractivity contribution is 0.414. The van der Waals surface area contributed by atoms with Crippen molar-refractivity contribution in [2.75, 3.05) is 12.0 Å². The monoisotopic (exact) mass is 468 g/mol. The Kier molecular flexibility index (Phi) is 5.84. The topological polar surface area (TPSA) is 42.3 Å². The molecule has 6 heteroatoms. The largest absolute Gasteiger partial charge is 0.495 e. The number of aryl methyl sites for hydroxylation is 2. The van der Waals surface area contributed by atoms with Crippen LogP contribution in [0.2, 0.25) is 0 Å². The van der Waals surface area contributed by atoms with E-state index in [1.165, 1.54) is 22.5 Å². The lowest BCUT2D eigenvalue weighted by Gasteiger charge is -2.29. The molecule has 0 amide bonds. The highest BCUT2D eigenvalue weighted by molar-refractivity contribution is 7.80. The van der Waals surface area contributed by atoms with Gasteiger partial charge in [0.15, 0.2) is 5.11 Å². The summed E-state index contributed by atoms with van der Waals surface area (Å²) in [6.07, 6.45) is 1.83. The van der Waals surface area contributed by atoms with Crippen LogP contribution in [-0.2, 0) is 0 Å². The van der Waals surface area contributed by atoms with E-state index in [-0.39, 0.29) is 12.1 Å². The first kappa shape index (κ1) is 22.2. The van der Waals surface area contributed by atoms with Gasteiger partial charge < -0.3 is 19.5 Å². The van der Waals surface area contributed by atoms with E-state index in [0.29, 0.717) is 5.11 Å². The zero-order valence-electron chi connectivity index (χ0n) is 19.8. The molecule has 2 aromatic heterocycles. The molecular weight excluding hydrogens is 440 g/mol. The van der Waals surface area contributed by atoms with Crippen LogP contribution in [0.3, 0.4) is 0 Å². The van der Waals surface area contributed by atoms with Crippen molar-refractivity contribution < 1.29 is 4.74 Å². The fraction of sp³-hybridized carbons (Fsp3) is 0.214. The van der Waals surface area contributed by atoms with E-state index < -0.39 is 0 Å². The highest BCUT2D eigenvalue weighted by atomic mass is 32.1. The second-order valence-corrected chi connectivity index (χ2v) is 9.06. The fourth-order valence-electron chi connectivity index (χ4n) is 5.01. The number of methoxy groups -OCH3 is 1. The van der Waals surface area contributed by atoms with E-state index in [1.54, 1.807) is 7.11 Å². The number of nitrogens with one attached hydrogen (secondary N) is 1. The molecule has 0 spiro atoms. The quantitative estimate of drug-likeness (QED) is 0.365. The first-order chi connectivity index (χ1) is 16.5. The van der Waals surface area contributed by atoms with E-state index >= 15 is 0 Å². The summed E-state index contributed by atoms with van der Waals surface area (Å²) in [5.74, 6) is 0.783. The summed E-state index contributed by atoms with van der Waals surface area (Å²) >= 11 is 5.90. The molecule has 0 bridgehead atoms. The maximum absolute atomic E-state index is 5.90. The van der Waals surface area contributed by atoms with Crippen molar-refractivity contribution in [2.24, 2.45) is 0 Å². The third-order valence-corrected chi connectivity index (χ3v) is 6.81. The minimum atomic E-state index is -0.106. The van der Waals surface area contributed by atoms with Crippen LogP contribution in [0.1, 0.15) is 40.3 Å². The van der Waals surface area contributed by atoms with Gasteiger partial charge in [-0.1, -0.05) is 30.3 Å². The lowest BCUT2D eigenvalue weighted by atomic mass is 9.96. The van der Waals surface area contributed by atoms with Gasteiger partial charge in [-0.3, -0.25) is 4.98 Å². The average molecular weight is 469 g/mol. The standard InChI is InChI=1S/C28H28N4OS/c1-18-10-9-11-21(16-18)31-19(2)17-22(20(31)3)27-26(23-12-7-8-15-29-23)30-28(34)32(27)24-13-5-6-14-25(24)33-4/h5-17,26-27H,1-4H3,(H,30,34). The van der Waals surface area contributed by atoms with E-state index in [9.17, 15) is 0 Å². The number of hydrogen-bond acceptors (Lipinski definition) is 3. The van der Waals surface area contributed by atoms with Gasteiger partial charge in [0.1, 0.15) is 5.75 Å². The summed E-state index contributed by atoms with van der Waals surface area (Å²) in [4.78, 5) is 6.86. The first-order valence-electron chi connectivity index (χ1n) is 11.4. The second-order valence-electron chi connectivity index (χ2n) is 8.67. The van der Waals surface area contributed by atoms with E-state index in [2.05, 4.69) is 83.0 Å². The molecule has 1 saturated heterocycles. The molecule has 1 aliphatic heterocycles. The third kappa shape index (κ3) is 3.74. The van der Waals surface area contributed by atoms with Crippen LogP contribution >= 0.6 is 12.2 Å². The van der Waals surface area contributed by atoms with Gasteiger partial charge in [-0.05, 0) is 86.6 Å². The van der Waals surface area contributed by atoms with Crippen molar-refractivity contribution in [2.45, 2.75) is 32.9 Å². The van der Waals surface area contributed by atoms with Gasteiger partial charge in [0, 0.05) is 23.3 Å². The zero-order valence-corrected chi connectivity index (χ0v) is 20.6. The van der Waals surface area contributed by atoms with E-state index in [0.717, 1.165) is 22.8 Å². The zero-order chi connectivity index (χ0) is 23.8. The number of aromatic nitrogens is 2. The molecule has 0 saturated carbocycles. The van der Waals surface area contributed by atoms with Crippen molar-refractivity contribution in [1.82, 2.24) is 14.9 Å². The molecule has 2 atom stereocenters. The molecule has 4 aromatic rings. The lowest BCUT2D eigenvalue weighted by Crippen LogP contribution is -2.30. The van der Waals surface area contributed by atoms with Crippen molar-refractivity contribution in [3.8, 4) is 11.4 Å². The summed E-state index contributed by atoms with van der Waals surface area (Å²) in [7, 11) is 1.69. The molecule has 5 nitrogen and oxygen atoms in total. The Morgan fingerprint density at radius 1 is 0.941 bits per heavy atom. The Hall–Kier alpha value is -3.64. The van der Waals surface area contributed by atoms with Gasteiger partial charge in [0.2, 0.25) is 0 Å². The molecule has 172 valence electrons. The third-order valence-electron chi connectivity index (χ3n) is 6.49. The van der Waals surface area contributed by atoms with Crippen molar-refractivity contribution in [3.63, 3.8) is 0 Å². The van der Waals surface area contributed by atoms with Gasteiger partial charge in [-0.15, -0.1) is 0 Å². The Balaban J connectivity index is 1.71. The van der Waals surface area contributed by atoms with Crippen LogP contribution in [-0.4, -0.2) is 21.8 Å². The number of pyridine rings is 1. The second kappa shape index (κ2) is 8.95. The van der Waals surface area contributed by atoms with Gasteiger partial charge in [-0.2, -0.15) is 0 Å². The highest BCUT2D eigenvalue weighted by Crippen LogP contribution is 2.46. The molecule has 1 N–H and O–H groups in total. The van der Waals surface area contributed by atoms with Crippen LogP contribution in [0.5, 0.6) is 5.75 Å². The number of thiocarbonyl (C=S) groups is 1. The minimum Gasteiger partial charge on any atom is -0.495 e. The minimum absolute atomic E-state index is 0.0940. The number of rotatable bonds is 5. The molecule has 34 heavy (non-hydrogen) atoms. The van der Waals surface area contributed by atoms with Gasteiger partial charge in [0.05, 0.1) is 30.6 Å². The van der Waals surface area contributed by atoms with E-state index in [1.807, 2.05) is 36.5 Å². The fourth-order valence-corrected chi connectivity index (χ4v) is 5.35. The molecule has 2 aromatic carbocycles.